The van der Waals surface area contributed by atoms with Crippen LogP contribution in [0, 0.1) is 0 Å². The molecule has 0 aliphatic carbocycles. The van der Waals surface area contributed by atoms with Gasteiger partial charge in [-0.2, -0.15) is 0 Å². The Kier molecular flexibility index (Phi) is 6.39. The number of benzene rings is 1. The van der Waals surface area contributed by atoms with Gasteiger partial charge >= 0.3 is 5.97 Å². The molecule has 2 N–H and O–H groups in total. The molecule has 0 aliphatic rings. The van der Waals surface area contributed by atoms with Crippen LogP contribution in [0.1, 0.15) is 12.0 Å². The summed E-state index contributed by atoms with van der Waals surface area (Å²) < 4.78 is 0. The molecule has 0 spiro atoms. The summed E-state index contributed by atoms with van der Waals surface area (Å²) in [5.41, 5.74) is 1.17. The van der Waals surface area contributed by atoms with Gasteiger partial charge in [-0.1, -0.05) is 30.3 Å². The van der Waals surface area contributed by atoms with E-state index < -0.39 is 5.97 Å². The van der Waals surface area contributed by atoms with E-state index in [0.717, 1.165) is 19.5 Å². The van der Waals surface area contributed by atoms with E-state index in [0.29, 0.717) is 0 Å². The van der Waals surface area contributed by atoms with Gasteiger partial charge in [-0.05, 0) is 26.1 Å². The number of likely N-dealkylation sites (N-methyl/N-ethyl adjacent to an activating group) is 1. The lowest BCUT2D eigenvalue weighted by Gasteiger charge is -2.18. The van der Waals surface area contributed by atoms with Gasteiger partial charge < -0.3 is 15.3 Å². The third-order valence-corrected chi connectivity index (χ3v) is 2.74. The van der Waals surface area contributed by atoms with Crippen LogP contribution in [0.25, 0.3) is 0 Å². The minimum Gasteiger partial charge on any atom is -0.481 e. The van der Waals surface area contributed by atoms with Crippen LogP contribution in [-0.4, -0.2) is 49.2 Å². The molecule has 18 heavy (non-hydrogen) atoms. The van der Waals surface area contributed by atoms with Gasteiger partial charge in [0.25, 0.3) is 0 Å². The molecule has 100 valence electrons. The first-order valence-electron chi connectivity index (χ1n) is 6.21. The molecule has 0 aliphatic heterocycles. The summed E-state index contributed by atoms with van der Waals surface area (Å²) in [5, 5.41) is 12.2. The molecular formula is C14H22N2O2. The predicted octanol–water partition coefficient (Wildman–Crippen LogP) is 1.22. The van der Waals surface area contributed by atoms with Crippen LogP contribution >= 0.6 is 0 Å². The smallest absolute Gasteiger partial charge is 0.304 e. The van der Waals surface area contributed by atoms with E-state index in [9.17, 15) is 4.79 Å². The molecule has 0 aromatic heterocycles. The van der Waals surface area contributed by atoms with Crippen molar-refractivity contribution in [3.63, 3.8) is 0 Å². The number of nitrogens with one attached hydrogen (secondary N) is 1. The van der Waals surface area contributed by atoms with Crippen molar-refractivity contribution < 1.29 is 9.90 Å². The lowest BCUT2D eigenvalue weighted by molar-refractivity contribution is -0.137. The Balaban J connectivity index is 2.47. The van der Waals surface area contributed by atoms with Crippen molar-refractivity contribution in [2.75, 3.05) is 27.2 Å². The summed E-state index contributed by atoms with van der Waals surface area (Å²) in [6.07, 6.45) is 0.906. The van der Waals surface area contributed by atoms with Gasteiger partial charge in [0, 0.05) is 19.1 Å². The molecule has 0 saturated heterocycles. The molecule has 0 radical (unpaired) electrons. The van der Waals surface area contributed by atoms with Gasteiger partial charge in [-0.15, -0.1) is 0 Å². The molecule has 0 heterocycles. The van der Waals surface area contributed by atoms with Crippen LogP contribution in [0.5, 0.6) is 0 Å². The number of carbonyl (C=O) groups is 1. The molecule has 0 fully saturated rings. The Morgan fingerprint density at radius 3 is 2.56 bits per heavy atom. The van der Waals surface area contributed by atoms with Crippen molar-refractivity contribution in [3.8, 4) is 0 Å². The lowest BCUT2D eigenvalue weighted by Crippen LogP contribution is -2.37. The molecule has 1 aromatic rings. The first kappa shape index (κ1) is 14.7. The molecule has 0 saturated carbocycles. The average molecular weight is 250 g/mol. The Bertz CT molecular complexity index is 352. The molecule has 4 heteroatoms. The van der Waals surface area contributed by atoms with E-state index in [-0.39, 0.29) is 12.5 Å². The average Bonchev–Trinajstić information content (AvgIpc) is 2.28. The molecule has 4 nitrogen and oxygen atoms in total. The van der Waals surface area contributed by atoms with Crippen LogP contribution in [0.15, 0.2) is 30.3 Å². The molecule has 1 atom stereocenters. The number of carboxylic acids is 1. The number of rotatable bonds is 8. The minimum atomic E-state index is -0.756. The molecule has 1 aromatic carbocycles. The number of carboxylic acid groups (broad SMARTS) is 1. The Morgan fingerprint density at radius 1 is 1.33 bits per heavy atom. The molecule has 1 unspecified atom stereocenters. The fourth-order valence-electron chi connectivity index (χ4n) is 1.82. The summed E-state index contributed by atoms with van der Waals surface area (Å²) >= 11 is 0. The molecule has 0 bridgehead atoms. The van der Waals surface area contributed by atoms with Gasteiger partial charge in [0.15, 0.2) is 0 Å². The number of hydrogen-bond donors (Lipinski definition) is 2. The highest BCUT2D eigenvalue weighted by molar-refractivity contribution is 5.67. The largest absolute Gasteiger partial charge is 0.481 e. The van der Waals surface area contributed by atoms with E-state index in [1.807, 2.05) is 44.4 Å². The number of aliphatic carboxylic acids is 1. The highest BCUT2D eigenvalue weighted by atomic mass is 16.4. The second-order valence-corrected chi connectivity index (χ2v) is 4.74. The fourth-order valence-corrected chi connectivity index (χ4v) is 1.82. The van der Waals surface area contributed by atoms with Crippen LogP contribution in [0.2, 0.25) is 0 Å². The van der Waals surface area contributed by atoms with Crippen molar-refractivity contribution in [2.24, 2.45) is 0 Å². The summed E-state index contributed by atoms with van der Waals surface area (Å²) in [5.74, 6) is -0.756. The first-order valence-corrected chi connectivity index (χ1v) is 6.21. The van der Waals surface area contributed by atoms with Crippen molar-refractivity contribution in [1.29, 1.82) is 0 Å². The summed E-state index contributed by atoms with van der Waals surface area (Å²) in [6.45, 7) is 1.71. The second kappa shape index (κ2) is 7.84. The summed E-state index contributed by atoms with van der Waals surface area (Å²) in [7, 11) is 4.01. The third-order valence-electron chi connectivity index (χ3n) is 2.74. The zero-order valence-electron chi connectivity index (χ0n) is 11.1. The maximum absolute atomic E-state index is 10.8. The van der Waals surface area contributed by atoms with Crippen LogP contribution in [-0.2, 0) is 11.2 Å². The topological polar surface area (TPSA) is 52.6 Å². The Morgan fingerprint density at radius 2 is 2.00 bits per heavy atom. The van der Waals surface area contributed by atoms with Crippen LogP contribution in [0.3, 0.4) is 0 Å². The predicted molar refractivity (Wildman–Crippen MR) is 72.7 cm³/mol. The lowest BCUT2D eigenvalue weighted by atomic mass is 10.0. The highest BCUT2D eigenvalue weighted by Gasteiger charge is 2.13. The van der Waals surface area contributed by atoms with Crippen molar-refractivity contribution in [1.82, 2.24) is 10.2 Å². The van der Waals surface area contributed by atoms with E-state index in [1.54, 1.807) is 0 Å². The standard InChI is InChI=1S/C14H22N2O2/c1-16(2)9-8-15-13(11-14(17)18)10-12-6-4-3-5-7-12/h3-7,13,15H,8-11H2,1-2H3,(H,17,18). The Hall–Kier alpha value is -1.39. The van der Waals surface area contributed by atoms with Gasteiger partial charge in [0.2, 0.25) is 0 Å². The molecule has 1 rings (SSSR count). The minimum absolute atomic E-state index is 0.00940. The maximum atomic E-state index is 10.8. The van der Waals surface area contributed by atoms with Gasteiger partial charge in [0.1, 0.15) is 0 Å². The summed E-state index contributed by atoms with van der Waals surface area (Å²) in [4.78, 5) is 12.9. The van der Waals surface area contributed by atoms with Gasteiger partial charge in [0.05, 0.1) is 6.42 Å². The van der Waals surface area contributed by atoms with E-state index in [1.165, 1.54) is 5.56 Å². The monoisotopic (exact) mass is 250 g/mol. The van der Waals surface area contributed by atoms with E-state index in [2.05, 4.69) is 10.2 Å². The Labute approximate surface area is 109 Å². The zero-order valence-corrected chi connectivity index (χ0v) is 11.1. The van der Waals surface area contributed by atoms with E-state index in [4.69, 9.17) is 5.11 Å². The quantitative estimate of drug-likeness (QED) is 0.728. The van der Waals surface area contributed by atoms with Gasteiger partial charge in [-0.25, -0.2) is 0 Å². The van der Waals surface area contributed by atoms with Crippen LogP contribution in [0.4, 0.5) is 0 Å². The third kappa shape index (κ3) is 6.37. The summed E-state index contributed by atoms with van der Waals surface area (Å²) in [6, 6.07) is 9.98. The van der Waals surface area contributed by atoms with Crippen molar-refractivity contribution >= 4 is 5.97 Å². The van der Waals surface area contributed by atoms with Crippen molar-refractivity contribution in [3.05, 3.63) is 35.9 Å². The maximum Gasteiger partial charge on any atom is 0.304 e. The highest BCUT2D eigenvalue weighted by Crippen LogP contribution is 2.05. The SMILES string of the molecule is CN(C)CCNC(CC(=O)O)Cc1ccccc1. The molecular weight excluding hydrogens is 228 g/mol. The number of nitrogens with zero attached hydrogens (tertiary/aromatic N) is 1. The van der Waals surface area contributed by atoms with Crippen LogP contribution < -0.4 is 5.32 Å². The fraction of sp³-hybridized carbons (Fsp3) is 0.500. The molecule has 0 amide bonds. The zero-order chi connectivity index (χ0) is 13.4. The first-order chi connectivity index (χ1) is 8.58. The van der Waals surface area contributed by atoms with E-state index >= 15 is 0 Å². The number of hydrogen-bond acceptors (Lipinski definition) is 3. The normalized spacial score (nSPS) is 12.6. The van der Waals surface area contributed by atoms with Crippen molar-refractivity contribution in [2.45, 2.75) is 18.9 Å². The van der Waals surface area contributed by atoms with Gasteiger partial charge in [-0.3, -0.25) is 4.79 Å². The second-order valence-electron chi connectivity index (χ2n) is 4.74.